The van der Waals surface area contributed by atoms with E-state index < -0.39 is 66.4 Å². The van der Waals surface area contributed by atoms with Gasteiger partial charge in [-0.15, -0.1) is 0 Å². The molecular formula is C12H7F15O2. The number of ether oxygens (including phenoxy) is 1. The van der Waals surface area contributed by atoms with Gasteiger partial charge in [-0.2, -0.15) is 65.9 Å². The summed E-state index contributed by atoms with van der Waals surface area (Å²) in [4.78, 5) is 10.7. The zero-order valence-corrected chi connectivity index (χ0v) is 13.3. The summed E-state index contributed by atoms with van der Waals surface area (Å²) in [6, 6.07) is 0. The van der Waals surface area contributed by atoms with Gasteiger partial charge in [-0.05, 0) is 13.0 Å². The molecule has 0 atom stereocenters. The molecule has 0 saturated heterocycles. The largest absolute Gasteiger partial charge is 0.463 e. The second-order valence-corrected chi connectivity index (χ2v) is 5.08. The second-order valence-electron chi connectivity index (χ2n) is 5.08. The molecular weight excluding hydrogens is 461 g/mol. The predicted molar refractivity (Wildman–Crippen MR) is 61.5 cm³/mol. The molecule has 0 unspecified atom stereocenters. The summed E-state index contributed by atoms with van der Waals surface area (Å²) in [5, 5.41) is 0. The van der Waals surface area contributed by atoms with E-state index in [0.717, 1.165) is 6.92 Å². The van der Waals surface area contributed by atoms with Crippen molar-refractivity contribution >= 4 is 5.97 Å². The van der Waals surface area contributed by atoms with Crippen LogP contribution in [0.1, 0.15) is 6.92 Å². The minimum Gasteiger partial charge on any atom is -0.463 e. The molecule has 29 heavy (non-hydrogen) atoms. The standard InChI is InChI=1S/C12H7F15O2/c1-2-29-5(28)3-4-6(13,14)7(15,16)8(17,18)9(19,20)10(21,22)11(23,24)12(25,26)27/h3-4H,2H2,1H3. The number of halogens is 15. The monoisotopic (exact) mass is 468 g/mol. The Morgan fingerprint density at radius 2 is 1.00 bits per heavy atom. The van der Waals surface area contributed by atoms with Gasteiger partial charge < -0.3 is 4.74 Å². The van der Waals surface area contributed by atoms with Gasteiger partial charge in [0, 0.05) is 6.08 Å². The number of allylic oxidation sites excluding steroid dienone is 1. The highest BCUT2D eigenvalue weighted by Gasteiger charge is 2.93. The first kappa shape index (κ1) is 27.2. The number of carbonyl (C=O) groups excluding carboxylic acids is 1. The highest BCUT2D eigenvalue weighted by Crippen LogP contribution is 2.62. The molecule has 0 heterocycles. The lowest BCUT2D eigenvalue weighted by Crippen LogP contribution is -2.72. The Labute approximate surface area is 150 Å². The fraction of sp³-hybridized carbons (Fsp3) is 0.750. The van der Waals surface area contributed by atoms with E-state index in [2.05, 4.69) is 4.74 Å². The van der Waals surface area contributed by atoms with Crippen LogP contribution in [0.5, 0.6) is 0 Å². The molecule has 0 N–H and O–H groups in total. The van der Waals surface area contributed by atoms with Crippen molar-refractivity contribution < 1.29 is 75.4 Å². The highest BCUT2D eigenvalue weighted by molar-refractivity contribution is 5.82. The Morgan fingerprint density at radius 3 is 1.34 bits per heavy atom. The van der Waals surface area contributed by atoms with E-state index in [4.69, 9.17) is 0 Å². The van der Waals surface area contributed by atoms with Crippen molar-refractivity contribution in [3.05, 3.63) is 12.2 Å². The molecule has 2 nitrogen and oxygen atoms in total. The second kappa shape index (κ2) is 7.45. The van der Waals surface area contributed by atoms with Crippen LogP contribution in [0.4, 0.5) is 65.9 Å². The number of carbonyl (C=O) groups is 1. The number of alkyl halides is 15. The van der Waals surface area contributed by atoms with Gasteiger partial charge in [-0.25, -0.2) is 4.79 Å². The van der Waals surface area contributed by atoms with E-state index in [-0.39, 0.29) is 0 Å². The lowest BCUT2D eigenvalue weighted by atomic mass is 9.91. The van der Waals surface area contributed by atoms with E-state index in [9.17, 15) is 70.7 Å². The molecule has 0 bridgehead atoms. The summed E-state index contributed by atoms with van der Waals surface area (Å²) >= 11 is 0. The number of esters is 1. The van der Waals surface area contributed by atoms with Gasteiger partial charge in [0.25, 0.3) is 0 Å². The van der Waals surface area contributed by atoms with Crippen LogP contribution in [0, 0.1) is 0 Å². The van der Waals surface area contributed by atoms with Crippen LogP contribution in [0.25, 0.3) is 0 Å². The third-order valence-electron chi connectivity index (χ3n) is 3.07. The van der Waals surface area contributed by atoms with E-state index >= 15 is 0 Å². The average molecular weight is 468 g/mol. The van der Waals surface area contributed by atoms with Crippen LogP contribution in [0.2, 0.25) is 0 Å². The Hall–Kier alpha value is -1.84. The SMILES string of the molecule is CCOC(=O)C=CC(F)(F)C(F)(F)C(F)(F)C(F)(F)C(F)(F)C(F)(F)C(F)(F)F. The molecule has 0 aliphatic carbocycles. The summed E-state index contributed by atoms with van der Waals surface area (Å²) in [6.45, 7) is 0.453. The minimum absolute atomic E-state index is 0.585. The summed E-state index contributed by atoms with van der Waals surface area (Å²) in [5.74, 6) is -49.1. The maximum Gasteiger partial charge on any atom is 0.460 e. The Kier molecular flexibility index (Phi) is 6.97. The van der Waals surface area contributed by atoms with Crippen LogP contribution < -0.4 is 0 Å². The molecule has 0 aromatic rings. The van der Waals surface area contributed by atoms with Gasteiger partial charge >= 0.3 is 47.7 Å². The average Bonchev–Trinajstić information content (AvgIpc) is 2.51. The lowest BCUT2D eigenvalue weighted by Gasteiger charge is -2.41. The lowest BCUT2D eigenvalue weighted by molar-refractivity contribution is -0.449. The van der Waals surface area contributed by atoms with Crippen molar-refractivity contribution in [2.45, 2.75) is 48.6 Å². The number of rotatable bonds is 8. The molecule has 0 rings (SSSR count). The Balaban J connectivity index is 6.39. The normalized spacial score (nSPS) is 15.7. The first-order valence-electron chi connectivity index (χ1n) is 6.65. The van der Waals surface area contributed by atoms with Crippen LogP contribution in [0.15, 0.2) is 12.2 Å². The van der Waals surface area contributed by atoms with Crippen molar-refractivity contribution in [1.29, 1.82) is 0 Å². The van der Waals surface area contributed by atoms with Gasteiger partial charge in [-0.3, -0.25) is 0 Å². The topological polar surface area (TPSA) is 26.3 Å². The molecule has 0 amide bonds. The highest BCUT2D eigenvalue weighted by atomic mass is 19.4. The van der Waals surface area contributed by atoms with Crippen molar-refractivity contribution in [2.75, 3.05) is 6.61 Å². The zero-order chi connectivity index (χ0) is 23.9. The van der Waals surface area contributed by atoms with E-state index in [1.165, 1.54) is 0 Å². The Bertz CT molecular complexity index is 632. The molecule has 0 aromatic carbocycles. The van der Waals surface area contributed by atoms with Crippen molar-refractivity contribution in [2.24, 2.45) is 0 Å². The Morgan fingerprint density at radius 1 is 0.655 bits per heavy atom. The molecule has 172 valence electrons. The maximum atomic E-state index is 13.3. The van der Waals surface area contributed by atoms with Gasteiger partial charge in [-0.1, -0.05) is 0 Å². The molecule has 0 radical (unpaired) electrons. The number of hydrogen-bond donors (Lipinski definition) is 0. The smallest absolute Gasteiger partial charge is 0.460 e. The van der Waals surface area contributed by atoms with Gasteiger partial charge in [0.05, 0.1) is 6.61 Å². The van der Waals surface area contributed by atoms with E-state index in [0.29, 0.717) is 0 Å². The van der Waals surface area contributed by atoms with E-state index in [1.807, 2.05) is 0 Å². The van der Waals surface area contributed by atoms with Crippen molar-refractivity contribution in [3.63, 3.8) is 0 Å². The summed E-state index contributed by atoms with van der Waals surface area (Å²) in [5.41, 5.74) is 0. The van der Waals surface area contributed by atoms with Crippen LogP contribution in [-0.4, -0.2) is 54.3 Å². The quantitative estimate of drug-likeness (QED) is 0.268. The summed E-state index contributed by atoms with van der Waals surface area (Å²) in [6.07, 6.45) is -9.87. The van der Waals surface area contributed by atoms with Crippen molar-refractivity contribution in [3.8, 4) is 0 Å². The van der Waals surface area contributed by atoms with E-state index in [1.54, 1.807) is 0 Å². The fourth-order valence-electron chi connectivity index (χ4n) is 1.45. The molecule has 0 aromatic heterocycles. The molecule has 0 spiro atoms. The first-order valence-corrected chi connectivity index (χ1v) is 6.65. The maximum absolute atomic E-state index is 13.3. The number of hydrogen-bond acceptors (Lipinski definition) is 2. The third-order valence-corrected chi connectivity index (χ3v) is 3.07. The fourth-order valence-corrected chi connectivity index (χ4v) is 1.45. The van der Waals surface area contributed by atoms with Gasteiger partial charge in [0.1, 0.15) is 0 Å². The molecule has 0 fully saturated rings. The van der Waals surface area contributed by atoms with Gasteiger partial charge in [0.15, 0.2) is 0 Å². The third kappa shape index (κ3) is 4.08. The van der Waals surface area contributed by atoms with Crippen LogP contribution in [-0.2, 0) is 9.53 Å². The molecule has 0 aliphatic rings. The summed E-state index contributed by atoms with van der Waals surface area (Å²) < 4.78 is 196. The predicted octanol–water partition coefficient (Wildman–Crippen LogP) is 5.48. The zero-order valence-electron chi connectivity index (χ0n) is 13.3. The summed E-state index contributed by atoms with van der Waals surface area (Å²) in [7, 11) is 0. The molecule has 17 heteroatoms. The van der Waals surface area contributed by atoms with Crippen molar-refractivity contribution in [1.82, 2.24) is 0 Å². The molecule has 0 saturated carbocycles. The van der Waals surface area contributed by atoms with Gasteiger partial charge in [0.2, 0.25) is 0 Å². The first-order chi connectivity index (χ1) is 12.5. The van der Waals surface area contributed by atoms with Crippen LogP contribution >= 0.6 is 0 Å². The molecule has 0 aliphatic heterocycles. The minimum atomic E-state index is -8.36. The van der Waals surface area contributed by atoms with Crippen LogP contribution in [0.3, 0.4) is 0 Å².